The zero-order valence-corrected chi connectivity index (χ0v) is 15.5. The van der Waals surface area contributed by atoms with Gasteiger partial charge in [0.2, 0.25) is 0 Å². The zero-order valence-electron chi connectivity index (χ0n) is 15.5. The van der Waals surface area contributed by atoms with E-state index in [0.717, 1.165) is 37.0 Å². The van der Waals surface area contributed by atoms with Crippen molar-refractivity contribution in [2.45, 2.75) is 31.9 Å². The van der Waals surface area contributed by atoms with E-state index in [-0.39, 0.29) is 17.5 Å². The summed E-state index contributed by atoms with van der Waals surface area (Å²) in [5, 5.41) is 11.3. The molecular weight excluding hydrogens is 338 g/mol. The third-order valence-corrected chi connectivity index (χ3v) is 5.74. The molecule has 1 saturated heterocycles. The van der Waals surface area contributed by atoms with Crippen LogP contribution >= 0.6 is 0 Å². The second kappa shape index (κ2) is 7.62. The number of nitrogens with one attached hydrogen (secondary N) is 1. The van der Waals surface area contributed by atoms with Crippen molar-refractivity contribution in [2.75, 3.05) is 13.1 Å². The first kappa shape index (κ1) is 17.9. The molecule has 5 heteroatoms. The topological polar surface area (TPSA) is 69.2 Å². The van der Waals surface area contributed by atoms with Gasteiger partial charge in [0, 0.05) is 0 Å². The van der Waals surface area contributed by atoms with E-state index in [4.69, 9.17) is 0 Å². The summed E-state index contributed by atoms with van der Waals surface area (Å²) in [7, 11) is 0. The van der Waals surface area contributed by atoms with Crippen LogP contribution in [0.25, 0.3) is 10.9 Å². The van der Waals surface area contributed by atoms with Gasteiger partial charge in [0.25, 0.3) is 5.56 Å². The van der Waals surface area contributed by atoms with Gasteiger partial charge in [-0.05, 0) is 56.5 Å². The number of para-hydroxylation sites is 1. The van der Waals surface area contributed by atoms with E-state index >= 15 is 0 Å². The molecule has 140 valence electrons. The van der Waals surface area contributed by atoms with Crippen LogP contribution < -0.4 is 5.56 Å². The molecule has 3 aromatic rings. The lowest BCUT2D eigenvalue weighted by atomic mass is 9.87. The molecule has 4 rings (SSSR count). The lowest BCUT2D eigenvalue weighted by Crippen LogP contribution is -2.38. The van der Waals surface area contributed by atoms with Crippen LogP contribution in [0, 0.1) is 5.92 Å². The molecule has 2 N–H and O–H groups in total. The molecule has 2 atom stereocenters. The Morgan fingerprint density at radius 2 is 1.74 bits per heavy atom. The third kappa shape index (κ3) is 3.66. The minimum absolute atomic E-state index is 0.0390. The van der Waals surface area contributed by atoms with Crippen molar-refractivity contribution in [2.24, 2.45) is 5.92 Å². The van der Waals surface area contributed by atoms with Gasteiger partial charge in [-0.2, -0.15) is 0 Å². The van der Waals surface area contributed by atoms with E-state index < -0.39 is 6.10 Å². The van der Waals surface area contributed by atoms with E-state index in [1.807, 2.05) is 48.5 Å². The zero-order chi connectivity index (χ0) is 18.8. The molecule has 0 spiro atoms. The fraction of sp³-hybridized carbons (Fsp3) is 0.364. The van der Waals surface area contributed by atoms with Crippen molar-refractivity contribution < 1.29 is 5.11 Å². The fourth-order valence-corrected chi connectivity index (χ4v) is 4.02. The molecule has 1 fully saturated rings. The van der Waals surface area contributed by atoms with Gasteiger partial charge >= 0.3 is 0 Å². The number of piperidine rings is 1. The molecule has 2 unspecified atom stereocenters. The number of rotatable bonds is 4. The van der Waals surface area contributed by atoms with Gasteiger partial charge in [0.1, 0.15) is 5.82 Å². The molecule has 1 aromatic heterocycles. The summed E-state index contributed by atoms with van der Waals surface area (Å²) >= 11 is 0. The Hall–Kier alpha value is -2.50. The quantitative estimate of drug-likeness (QED) is 0.745. The number of benzene rings is 2. The molecule has 2 heterocycles. The van der Waals surface area contributed by atoms with Crippen molar-refractivity contribution in [3.63, 3.8) is 0 Å². The summed E-state index contributed by atoms with van der Waals surface area (Å²) in [5.41, 5.74) is 1.64. The van der Waals surface area contributed by atoms with E-state index in [0.29, 0.717) is 11.2 Å². The molecular formula is C22H25N3O2. The van der Waals surface area contributed by atoms with Crippen molar-refractivity contribution in [1.82, 2.24) is 14.9 Å². The first-order chi connectivity index (χ1) is 13.1. The second-order valence-electron chi connectivity index (χ2n) is 7.37. The van der Waals surface area contributed by atoms with Crippen LogP contribution in [0.2, 0.25) is 0 Å². The molecule has 5 nitrogen and oxygen atoms in total. The Balaban J connectivity index is 1.46. The number of hydrogen-bond acceptors (Lipinski definition) is 4. The predicted octanol–water partition coefficient (Wildman–Crippen LogP) is 3.43. The normalized spacial score (nSPS) is 18.4. The number of nitrogens with zero attached hydrogens (tertiary/aromatic N) is 2. The van der Waals surface area contributed by atoms with E-state index in [2.05, 4.69) is 21.8 Å². The lowest BCUT2D eigenvalue weighted by Gasteiger charge is -2.37. The lowest BCUT2D eigenvalue weighted by molar-refractivity contribution is 0.0460. The Bertz CT molecular complexity index is 962. The van der Waals surface area contributed by atoms with Gasteiger partial charge in [0.05, 0.1) is 23.0 Å². The van der Waals surface area contributed by atoms with Gasteiger partial charge in [-0.15, -0.1) is 0 Å². The molecule has 1 aliphatic rings. The SMILES string of the molecule is CC(c1nc2ccccc2c(=O)[nH]1)N1CCC(C(O)c2ccccc2)CC1. The molecule has 0 radical (unpaired) electrons. The average Bonchev–Trinajstić information content (AvgIpc) is 2.73. The summed E-state index contributed by atoms with van der Waals surface area (Å²) < 4.78 is 0. The highest BCUT2D eigenvalue weighted by Crippen LogP contribution is 2.33. The van der Waals surface area contributed by atoms with Crippen LogP contribution in [-0.4, -0.2) is 33.1 Å². The van der Waals surface area contributed by atoms with Crippen LogP contribution in [0.15, 0.2) is 59.4 Å². The number of fused-ring (bicyclic) bond motifs is 1. The Labute approximate surface area is 158 Å². The monoisotopic (exact) mass is 363 g/mol. The highest BCUT2D eigenvalue weighted by atomic mass is 16.3. The van der Waals surface area contributed by atoms with E-state index in [9.17, 15) is 9.90 Å². The van der Waals surface area contributed by atoms with Crippen molar-refractivity contribution in [1.29, 1.82) is 0 Å². The highest BCUT2D eigenvalue weighted by molar-refractivity contribution is 5.77. The molecule has 0 aliphatic carbocycles. The number of aliphatic hydroxyl groups excluding tert-OH is 1. The van der Waals surface area contributed by atoms with Crippen LogP contribution in [-0.2, 0) is 0 Å². The van der Waals surface area contributed by atoms with Crippen molar-refractivity contribution in [3.8, 4) is 0 Å². The Morgan fingerprint density at radius 3 is 2.48 bits per heavy atom. The van der Waals surface area contributed by atoms with Gasteiger partial charge in [-0.25, -0.2) is 4.98 Å². The summed E-state index contributed by atoms with van der Waals surface area (Å²) in [6.45, 7) is 3.85. The number of aromatic amines is 1. The highest BCUT2D eigenvalue weighted by Gasteiger charge is 2.29. The number of likely N-dealkylation sites (tertiary alicyclic amines) is 1. The van der Waals surface area contributed by atoms with Crippen molar-refractivity contribution >= 4 is 10.9 Å². The first-order valence-corrected chi connectivity index (χ1v) is 9.59. The number of aromatic nitrogens is 2. The second-order valence-corrected chi connectivity index (χ2v) is 7.37. The van der Waals surface area contributed by atoms with Crippen molar-refractivity contribution in [3.05, 3.63) is 76.3 Å². The summed E-state index contributed by atoms with van der Waals surface area (Å²) in [6.07, 6.45) is 1.44. The minimum atomic E-state index is -0.415. The molecule has 2 aromatic carbocycles. The van der Waals surface area contributed by atoms with E-state index in [1.54, 1.807) is 6.07 Å². The van der Waals surface area contributed by atoms with Gasteiger partial charge in [-0.1, -0.05) is 42.5 Å². The molecule has 27 heavy (non-hydrogen) atoms. The standard InChI is InChI=1S/C22H25N3O2/c1-15(21-23-19-10-6-5-9-18(19)22(27)24-21)25-13-11-17(12-14-25)20(26)16-7-3-2-4-8-16/h2-10,15,17,20,26H,11-14H2,1H3,(H,23,24,27). The maximum absolute atomic E-state index is 12.3. The molecule has 0 amide bonds. The Kier molecular flexibility index (Phi) is 5.05. The van der Waals surface area contributed by atoms with E-state index in [1.165, 1.54) is 0 Å². The third-order valence-electron chi connectivity index (χ3n) is 5.74. The number of hydrogen-bond donors (Lipinski definition) is 2. The number of H-pyrrole nitrogens is 1. The minimum Gasteiger partial charge on any atom is -0.388 e. The van der Waals surface area contributed by atoms with Gasteiger partial charge in [-0.3, -0.25) is 9.69 Å². The summed E-state index contributed by atoms with van der Waals surface area (Å²) in [5.74, 6) is 0.972. The van der Waals surface area contributed by atoms with Crippen LogP contribution in [0.3, 0.4) is 0 Å². The Morgan fingerprint density at radius 1 is 1.07 bits per heavy atom. The summed E-state index contributed by atoms with van der Waals surface area (Å²) in [6, 6.07) is 17.4. The molecule has 0 bridgehead atoms. The number of aliphatic hydroxyl groups is 1. The maximum Gasteiger partial charge on any atom is 0.258 e. The smallest absolute Gasteiger partial charge is 0.258 e. The summed E-state index contributed by atoms with van der Waals surface area (Å²) in [4.78, 5) is 22.3. The van der Waals surface area contributed by atoms with Gasteiger partial charge in [0.15, 0.2) is 0 Å². The predicted molar refractivity (Wildman–Crippen MR) is 106 cm³/mol. The van der Waals surface area contributed by atoms with Crippen LogP contribution in [0.1, 0.15) is 43.3 Å². The molecule has 1 aliphatic heterocycles. The van der Waals surface area contributed by atoms with Crippen LogP contribution in [0.4, 0.5) is 0 Å². The largest absolute Gasteiger partial charge is 0.388 e. The fourth-order valence-electron chi connectivity index (χ4n) is 4.02. The average molecular weight is 363 g/mol. The maximum atomic E-state index is 12.3. The van der Waals surface area contributed by atoms with Crippen LogP contribution in [0.5, 0.6) is 0 Å². The first-order valence-electron chi connectivity index (χ1n) is 9.59. The van der Waals surface area contributed by atoms with Gasteiger partial charge < -0.3 is 10.1 Å². The molecule has 0 saturated carbocycles.